The highest BCUT2D eigenvalue weighted by Gasteiger charge is 2.48. The van der Waals surface area contributed by atoms with Crippen LogP contribution < -0.4 is 0 Å². The first kappa shape index (κ1) is 12.1. The summed E-state index contributed by atoms with van der Waals surface area (Å²) in [4.78, 5) is 0. The second kappa shape index (κ2) is 4.95. The van der Waals surface area contributed by atoms with Crippen molar-refractivity contribution in [3.63, 3.8) is 0 Å². The largest absolute Gasteiger partial charge is 0.376 e. The van der Waals surface area contributed by atoms with Crippen molar-refractivity contribution < 1.29 is 24.1 Å². The Balaban J connectivity index is 1.82. The van der Waals surface area contributed by atoms with Crippen LogP contribution in [0.25, 0.3) is 0 Å². The fraction of sp³-hybridized carbons (Fsp3) is 0.538. The molecular weight excluding hydrogens is 236 g/mol. The lowest BCUT2D eigenvalue weighted by Crippen LogP contribution is -2.59. The Labute approximate surface area is 105 Å². The first-order chi connectivity index (χ1) is 8.79. The van der Waals surface area contributed by atoms with Crippen LogP contribution in [-0.4, -0.2) is 43.4 Å². The van der Waals surface area contributed by atoms with Gasteiger partial charge in [0.15, 0.2) is 12.6 Å². The van der Waals surface area contributed by atoms with E-state index in [1.54, 1.807) is 7.11 Å². The predicted octanol–water partition coefficient (Wildman–Crippen LogP) is 0.833. The number of fused-ring (bicyclic) bond motifs is 2. The molecule has 1 aromatic carbocycles. The van der Waals surface area contributed by atoms with Gasteiger partial charge in [-0.1, -0.05) is 30.3 Å². The van der Waals surface area contributed by atoms with E-state index in [-0.39, 0.29) is 12.2 Å². The monoisotopic (exact) mass is 252 g/mol. The van der Waals surface area contributed by atoms with E-state index in [1.807, 2.05) is 30.3 Å². The maximum atomic E-state index is 9.80. The van der Waals surface area contributed by atoms with E-state index in [0.29, 0.717) is 6.61 Å². The standard InChI is InChI=1S/C13H16O5/c1-15-10-9-7-16-12(14)11(10)18-13(17-9)8-5-3-2-4-6-8/h2-6,9-14H,7H2,1H3/t9-,10+,11-,12?,13?/m1/s1. The van der Waals surface area contributed by atoms with Crippen LogP contribution in [-0.2, 0) is 18.9 Å². The summed E-state index contributed by atoms with van der Waals surface area (Å²) in [5.74, 6) is 0. The number of hydrogen-bond donors (Lipinski definition) is 1. The Morgan fingerprint density at radius 1 is 1.22 bits per heavy atom. The zero-order valence-corrected chi connectivity index (χ0v) is 10.1. The van der Waals surface area contributed by atoms with Gasteiger partial charge in [0.25, 0.3) is 0 Å². The molecule has 2 fully saturated rings. The average Bonchev–Trinajstić information content (AvgIpc) is 2.43. The van der Waals surface area contributed by atoms with Crippen LogP contribution in [0.4, 0.5) is 0 Å². The Hall–Kier alpha value is -0.980. The molecule has 2 unspecified atom stereocenters. The number of methoxy groups -OCH3 is 1. The number of rotatable bonds is 2. The molecule has 0 aliphatic carbocycles. The van der Waals surface area contributed by atoms with Gasteiger partial charge in [0.1, 0.15) is 18.3 Å². The highest BCUT2D eigenvalue weighted by atomic mass is 16.8. The van der Waals surface area contributed by atoms with Gasteiger partial charge >= 0.3 is 0 Å². The summed E-state index contributed by atoms with van der Waals surface area (Å²) in [7, 11) is 1.58. The molecule has 0 radical (unpaired) electrons. The first-order valence-corrected chi connectivity index (χ1v) is 5.98. The predicted molar refractivity (Wildman–Crippen MR) is 61.7 cm³/mol. The molecule has 0 saturated carbocycles. The third-order valence-corrected chi connectivity index (χ3v) is 3.33. The van der Waals surface area contributed by atoms with Crippen molar-refractivity contribution >= 4 is 0 Å². The van der Waals surface area contributed by atoms with Crippen LogP contribution in [0, 0.1) is 0 Å². The molecule has 18 heavy (non-hydrogen) atoms. The lowest BCUT2D eigenvalue weighted by atomic mass is 10.0. The molecule has 2 saturated heterocycles. The molecule has 1 aromatic rings. The molecule has 98 valence electrons. The Bertz CT molecular complexity index is 396. The van der Waals surface area contributed by atoms with Gasteiger partial charge < -0.3 is 24.1 Å². The van der Waals surface area contributed by atoms with E-state index in [0.717, 1.165) is 5.56 Å². The summed E-state index contributed by atoms with van der Waals surface area (Å²) < 4.78 is 22.1. The van der Waals surface area contributed by atoms with Crippen LogP contribution in [0.3, 0.4) is 0 Å². The van der Waals surface area contributed by atoms with Gasteiger partial charge in [0, 0.05) is 12.7 Å². The Kier molecular flexibility index (Phi) is 3.32. The van der Waals surface area contributed by atoms with E-state index in [1.165, 1.54) is 0 Å². The third-order valence-electron chi connectivity index (χ3n) is 3.33. The van der Waals surface area contributed by atoms with Crippen LogP contribution in [0.5, 0.6) is 0 Å². The van der Waals surface area contributed by atoms with Crippen molar-refractivity contribution in [2.75, 3.05) is 13.7 Å². The molecule has 3 rings (SSSR count). The molecular formula is C13H16O5. The molecule has 2 bridgehead atoms. The van der Waals surface area contributed by atoms with E-state index >= 15 is 0 Å². The minimum absolute atomic E-state index is 0.220. The number of hydrogen-bond acceptors (Lipinski definition) is 5. The fourth-order valence-corrected chi connectivity index (χ4v) is 2.41. The first-order valence-electron chi connectivity index (χ1n) is 5.98. The zero-order chi connectivity index (χ0) is 12.5. The van der Waals surface area contributed by atoms with Gasteiger partial charge in [-0.25, -0.2) is 0 Å². The zero-order valence-electron chi connectivity index (χ0n) is 10.1. The smallest absolute Gasteiger partial charge is 0.185 e. The van der Waals surface area contributed by atoms with Gasteiger partial charge in [0.2, 0.25) is 0 Å². The minimum atomic E-state index is -0.971. The summed E-state index contributed by atoms with van der Waals surface area (Å²) in [5.41, 5.74) is 0.927. The highest BCUT2D eigenvalue weighted by molar-refractivity contribution is 5.16. The van der Waals surface area contributed by atoms with Gasteiger partial charge in [-0.05, 0) is 0 Å². The Morgan fingerprint density at radius 2 is 2.00 bits per heavy atom. The van der Waals surface area contributed by atoms with Gasteiger partial charge in [-0.15, -0.1) is 0 Å². The number of aliphatic hydroxyl groups excluding tert-OH is 1. The summed E-state index contributed by atoms with van der Waals surface area (Å²) in [6.07, 6.45) is -2.49. The van der Waals surface area contributed by atoms with Crippen LogP contribution in [0.15, 0.2) is 30.3 Å². The van der Waals surface area contributed by atoms with E-state index in [9.17, 15) is 5.11 Å². The maximum Gasteiger partial charge on any atom is 0.185 e. The lowest BCUT2D eigenvalue weighted by molar-refractivity contribution is -0.373. The summed E-state index contributed by atoms with van der Waals surface area (Å²) in [6, 6.07) is 9.64. The average molecular weight is 252 g/mol. The second-order valence-electron chi connectivity index (χ2n) is 4.44. The molecule has 5 heteroatoms. The summed E-state index contributed by atoms with van der Waals surface area (Å²) >= 11 is 0. The molecule has 1 N–H and O–H groups in total. The summed E-state index contributed by atoms with van der Waals surface area (Å²) in [5, 5.41) is 9.80. The lowest BCUT2D eigenvalue weighted by Gasteiger charge is -2.46. The fourth-order valence-electron chi connectivity index (χ4n) is 2.41. The van der Waals surface area contributed by atoms with Crippen LogP contribution >= 0.6 is 0 Å². The van der Waals surface area contributed by atoms with Crippen molar-refractivity contribution in [1.29, 1.82) is 0 Å². The van der Waals surface area contributed by atoms with E-state index < -0.39 is 18.7 Å². The molecule has 0 amide bonds. The van der Waals surface area contributed by atoms with Gasteiger partial charge in [-0.3, -0.25) is 0 Å². The van der Waals surface area contributed by atoms with Crippen molar-refractivity contribution in [2.45, 2.75) is 30.9 Å². The minimum Gasteiger partial charge on any atom is -0.376 e. The molecule has 2 aliphatic rings. The molecule has 5 atom stereocenters. The van der Waals surface area contributed by atoms with Crippen LogP contribution in [0.1, 0.15) is 11.9 Å². The third kappa shape index (κ3) is 2.04. The van der Waals surface area contributed by atoms with E-state index in [4.69, 9.17) is 18.9 Å². The molecule has 0 spiro atoms. The number of ether oxygens (including phenoxy) is 4. The van der Waals surface area contributed by atoms with Crippen molar-refractivity contribution in [2.24, 2.45) is 0 Å². The van der Waals surface area contributed by atoms with Gasteiger partial charge in [0.05, 0.1) is 6.61 Å². The second-order valence-corrected chi connectivity index (χ2v) is 4.44. The molecule has 5 nitrogen and oxygen atoms in total. The van der Waals surface area contributed by atoms with Gasteiger partial charge in [-0.2, -0.15) is 0 Å². The number of benzene rings is 1. The van der Waals surface area contributed by atoms with Crippen molar-refractivity contribution in [1.82, 2.24) is 0 Å². The molecule has 2 aliphatic heterocycles. The van der Waals surface area contributed by atoms with Crippen LogP contribution in [0.2, 0.25) is 0 Å². The number of aliphatic hydroxyl groups is 1. The summed E-state index contributed by atoms with van der Waals surface area (Å²) in [6.45, 7) is 0.308. The SMILES string of the molecule is CO[C@H]1[C@H]2COC(O)[C@@H]1OC(c1ccccc1)O2. The molecule has 0 aromatic heterocycles. The normalized spacial score (nSPS) is 39.6. The van der Waals surface area contributed by atoms with Crippen molar-refractivity contribution in [3.05, 3.63) is 35.9 Å². The Morgan fingerprint density at radius 3 is 2.72 bits per heavy atom. The van der Waals surface area contributed by atoms with Crippen molar-refractivity contribution in [3.8, 4) is 0 Å². The topological polar surface area (TPSA) is 57.2 Å². The molecule has 2 heterocycles. The quantitative estimate of drug-likeness (QED) is 0.845. The maximum absolute atomic E-state index is 9.80. The highest BCUT2D eigenvalue weighted by Crippen LogP contribution is 2.35. The van der Waals surface area contributed by atoms with E-state index in [2.05, 4.69) is 0 Å².